The Morgan fingerprint density at radius 1 is 1.45 bits per heavy atom. The van der Waals surface area contributed by atoms with Crippen molar-refractivity contribution < 1.29 is 19.1 Å². The van der Waals surface area contributed by atoms with Gasteiger partial charge in [-0.05, 0) is 31.0 Å². The number of halogens is 1. The first-order valence-electron chi connectivity index (χ1n) is 6.46. The Balaban J connectivity index is 1.71. The van der Waals surface area contributed by atoms with Crippen LogP contribution in [0, 0.1) is 0 Å². The molecule has 1 atom stereocenters. The number of carbonyl (C=O) groups excluding carboxylic acids is 2. The number of amides is 1. The van der Waals surface area contributed by atoms with Gasteiger partial charge >= 0.3 is 5.97 Å². The summed E-state index contributed by atoms with van der Waals surface area (Å²) >= 11 is 3.27. The molecule has 108 valence electrons. The van der Waals surface area contributed by atoms with E-state index in [1.165, 1.54) is 0 Å². The number of esters is 1. The zero-order chi connectivity index (χ0) is 14.4. The summed E-state index contributed by atoms with van der Waals surface area (Å²) in [6, 6.07) is 6.83. The molecule has 1 aliphatic heterocycles. The van der Waals surface area contributed by atoms with Crippen LogP contribution in [0.5, 0.6) is 0 Å². The van der Waals surface area contributed by atoms with Gasteiger partial charge in [0.05, 0.1) is 11.7 Å². The third-order valence-corrected chi connectivity index (χ3v) is 3.44. The van der Waals surface area contributed by atoms with Crippen molar-refractivity contribution in [3.8, 4) is 0 Å². The van der Waals surface area contributed by atoms with Crippen molar-refractivity contribution in [2.45, 2.75) is 18.9 Å². The highest BCUT2D eigenvalue weighted by Crippen LogP contribution is 2.12. The highest BCUT2D eigenvalue weighted by atomic mass is 79.9. The van der Waals surface area contributed by atoms with E-state index in [0.717, 1.165) is 23.9 Å². The topological polar surface area (TPSA) is 64.6 Å². The Kier molecular flexibility index (Phi) is 5.55. The van der Waals surface area contributed by atoms with Crippen LogP contribution in [0.4, 0.5) is 0 Å². The molecule has 5 nitrogen and oxygen atoms in total. The van der Waals surface area contributed by atoms with Crippen LogP contribution in [0.25, 0.3) is 0 Å². The molecule has 1 aromatic carbocycles. The van der Waals surface area contributed by atoms with Crippen LogP contribution in [-0.2, 0) is 14.3 Å². The van der Waals surface area contributed by atoms with Crippen LogP contribution < -0.4 is 5.32 Å². The largest absolute Gasteiger partial charge is 0.452 e. The summed E-state index contributed by atoms with van der Waals surface area (Å²) in [5, 5.41) is 2.69. The second-order valence-corrected chi connectivity index (χ2v) is 5.44. The van der Waals surface area contributed by atoms with E-state index in [0.29, 0.717) is 12.1 Å². The fourth-order valence-electron chi connectivity index (χ4n) is 1.91. The molecule has 0 saturated carbocycles. The van der Waals surface area contributed by atoms with E-state index < -0.39 is 5.97 Å². The number of carbonyl (C=O) groups is 2. The van der Waals surface area contributed by atoms with Crippen molar-refractivity contribution in [1.82, 2.24) is 5.32 Å². The summed E-state index contributed by atoms with van der Waals surface area (Å²) in [6.45, 7) is 0.934. The van der Waals surface area contributed by atoms with Gasteiger partial charge in [0.2, 0.25) is 0 Å². The molecule has 1 fully saturated rings. The van der Waals surface area contributed by atoms with E-state index in [2.05, 4.69) is 21.2 Å². The standard InChI is InChI=1S/C14H16BrNO4/c15-11-4-1-3-10(7-11)14(18)20-9-13(17)16-8-12-5-2-6-19-12/h1,3-4,7,12H,2,5-6,8-9H2,(H,16,17)/t12-/m0/s1. The van der Waals surface area contributed by atoms with Crippen molar-refractivity contribution in [2.75, 3.05) is 19.8 Å². The Labute approximate surface area is 125 Å². The quantitative estimate of drug-likeness (QED) is 0.831. The molecule has 0 aliphatic carbocycles. The zero-order valence-electron chi connectivity index (χ0n) is 10.9. The molecular weight excluding hydrogens is 326 g/mol. The maximum absolute atomic E-state index is 11.7. The summed E-state index contributed by atoms with van der Waals surface area (Å²) in [5.74, 6) is -0.831. The lowest BCUT2D eigenvalue weighted by Gasteiger charge is -2.11. The first kappa shape index (κ1) is 15.0. The lowest BCUT2D eigenvalue weighted by atomic mass is 10.2. The molecule has 1 N–H and O–H groups in total. The van der Waals surface area contributed by atoms with Crippen molar-refractivity contribution >= 4 is 27.8 Å². The highest BCUT2D eigenvalue weighted by Gasteiger charge is 2.16. The molecule has 0 radical (unpaired) electrons. The van der Waals surface area contributed by atoms with E-state index in [-0.39, 0.29) is 18.6 Å². The van der Waals surface area contributed by atoms with E-state index in [1.54, 1.807) is 18.2 Å². The van der Waals surface area contributed by atoms with Gasteiger partial charge in [0.25, 0.3) is 5.91 Å². The molecule has 0 spiro atoms. The van der Waals surface area contributed by atoms with Crippen molar-refractivity contribution in [2.24, 2.45) is 0 Å². The highest BCUT2D eigenvalue weighted by molar-refractivity contribution is 9.10. The number of nitrogens with one attached hydrogen (secondary N) is 1. The Morgan fingerprint density at radius 3 is 3.00 bits per heavy atom. The molecule has 1 aromatic rings. The SMILES string of the molecule is O=C(COC(=O)c1cccc(Br)c1)NC[C@@H]1CCCO1. The van der Waals surface area contributed by atoms with Gasteiger partial charge in [0.15, 0.2) is 6.61 Å². The number of ether oxygens (including phenoxy) is 2. The van der Waals surface area contributed by atoms with Crippen molar-refractivity contribution in [3.05, 3.63) is 34.3 Å². The van der Waals surface area contributed by atoms with Crippen LogP contribution in [0.2, 0.25) is 0 Å². The van der Waals surface area contributed by atoms with E-state index >= 15 is 0 Å². The first-order valence-corrected chi connectivity index (χ1v) is 7.25. The predicted molar refractivity (Wildman–Crippen MR) is 76.4 cm³/mol. The number of hydrogen-bond acceptors (Lipinski definition) is 4. The van der Waals surface area contributed by atoms with Gasteiger partial charge in [-0.1, -0.05) is 22.0 Å². The maximum atomic E-state index is 11.7. The van der Waals surface area contributed by atoms with Gasteiger partial charge in [-0.3, -0.25) is 4.79 Å². The Hall–Kier alpha value is -1.40. The van der Waals surface area contributed by atoms with Crippen LogP contribution in [0.1, 0.15) is 23.2 Å². The summed E-state index contributed by atoms with van der Waals surface area (Å²) < 4.78 is 11.1. The second-order valence-electron chi connectivity index (χ2n) is 4.53. The van der Waals surface area contributed by atoms with Crippen molar-refractivity contribution in [1.29, 1.82) is 0 Å². The fraction of sp³-hybridized carbons (Fsp3) is 0.429. The summed E-state index contributed by atoms with van der Waals surface area (Å²) in [4.78, 5) is 23.3. The van der Waals surface area contributed by atoms with Crippen molar-refractivity contribution in [3.63, 3.8) is 0 Å². The molecule has 0 unspecified atom stereocenters. The van der Waals surface area contributed by atoms with Crippen LogP contribution in [-0.4, -0.2) is 37.7 Å². The van der Waals surface area contributed by atoms with Gasteiger partial charge < -0.3 is 14.8 Å². The normalized spacial score (nSPS) is 17.8. The maximum Gasteiger partial charge on any atom is 0.338 e. The molecule has 2 rings (SSSR count). The monoisotopic (exact) mass is 341 g/mol. The van der Waals surface area contributed by atoms with Crippen LogP contribution in [0.3, 0.4) is 0 Å². The Morgan fingerprint density at radius 2 is 2.30 bits per heavy atom. The van der Waals surface area contributed by atoms with Gasteiger partial charge in [0.1, 0.15) is 0 Å². The third kappa shape index (κ3) is 4.61. The van der Waals surface area contributed by atoms with Gasteiger partial charge in [0, 0.05) is 17.6 Å². The second kappa shape index (κ2) is 7.40. The van der Waals surface area contributed by atoms with Gasteiger partial charge in [-0.2, -0.15) is 0 Å². The smallest absolute Gasteiger partial charge is 0.338 e. The molecule has 1 saturated heterocycles. The molecule has 6 heteroatoms. The molecule has 1 aliphatic rings. The summed E-state index contributed by atoms with van der Waals surface area (Å²) in [6.07, 6.45) is 2.07. The molecular formula is C14H16BrNO4. The molecule has 20 heavy (non-hydrogen) atoms. The Bertz CT molecular complexity index is 486. The molecule has 1 amide bonds. The summed E-state index contributed by atoms with van der Waals surface area (Å²) in [7, 11) is 0. The van der Waals surface area contributed by atoms with Crippen LogP contribution >= 0.6 is 15.9 Å². The van der Waals surface area contributed by atoms with E-state index in [9.17, 15) is 9.59 Å². The lowest BCUT2D eigenvalue weighted by molar-refractivity contribution is -0.124. The minimum Gasteiger partial charge on any atom is -0.452 e. The number of hydrogen-bond donors (Lipinski definition) is 1. The lowest BCUT2D eigenvalue weighted by Crippen LogP contribution is -2.34. The zero-order valence-corrected chi connectivity index (χ0v) is 12.5. The molecule has 0 aromatic heterocycles. The summed E-state index contributed by atoms with van der Waals surface area (Å²) in [5.41, 5.74) is 0.409. The van der Waals surface area contributed by atoms with Gasteiger partial charge in [-0.15, -0.1) is 0 Å². The number of rotatable bonds is 5. The minimum absolute atomic E-state index is 0.0831. The van der Waals surface area contributed by atoms with Gasteiger partial charge in [-0.25, -0.2) is 4.79 Å². The number of benzene rings is 1. The molecule has 0 bridgehead atoms. The average molecular weight is 342 g/mol. The van der Waals surface area contributed by atoms with Crippen LogP contribution in [0.15, 0.2) is 28.7 Å². The molecule has 1 heterocycles. The minimum atomic E-state index is -0.515. The first-order chi connectivity index (χ1) is 9.65. The third-order valence-electron chi connectivity index (χ3n) is 2.95. The predicted octanol–water partition coefficient (Wildman–Crippen LogP) is 1.90. The van der Waals surface area contributed by atoms with E-state index in [1.807, 2.05) is 6.07 Å². The average Bonchev–Trinajstić information content (AvgIpc) is 2.95. The van der Waals surface area contributed by atoms with E-state index in [4.69, 9.17) is 9.47 Å². The fourth-order valence-corrected chi connectivity index (χ4v) is 2.31.